The summed E-state index contributed by atoms with van der Waals surface area (Å²) in [5, 5.41) is 14.1. The van der Waals surface area contributed by atoms with Crippen LogP contribution in [-0.4, -0.2) is 10.8 Å². The summed E-state index contributed by atoms with van der Waals surface area (Å²) in [6, 6.07) is 18.2. The van der Waals surface area contributed by atoms with E-state index in [2.05, 4.69) is 5.32 Å². The number of rotatable bonds is 5. The molecule has 0 unspecified atom stereocenters. The van der Waals surface area contributed by atoms with Crippen molar-refractivity contribution in [1.82, 2.24) is 0 Å². The second kappa shape index (κ2) is 7.88. The number of hydrogen-bond donors (Lipinski definition) is 1. The molecule has 0 fully saturated rings. The number of carbonyl (C=O) groups is 1. The minimum Gasteiger partial charge on any atom is -0.455 e. The standard InChI is InChI=1S/C20H15ClN2O4/c1-13-6-9-15(10-7-13)27-19-5-3-2-4-17(19)22-20(24)16-11-8-14(21)12-18(16)23(25)26/h2-12H,1H3,(H,22,24). The molecule has 0 spiro atoms. The Bertz CT molecular complexity index is 1000. The molecular weight excluding hydrogens is 368 g/mol. The Kier molecular flexibility index (Phi) is 5.38. The van der Waals surface area contributed by atoms with Crippen LogP contribution >= 0.6 is 11.6 Å². The number of nitrogens with one attached hydrogen (secondary N) is 1. The number of nitrogens with zero attached hydrogens (tertiary/aromatic N) is 1. The predicted octanol–water partition coefficient (Wildman–Crippen LogP) is 5.60. The Morgan fingerprint density at radius 3 is 2.48 bits per heavy atom. The summed E-state index contributed by atoms with van der Waals surface area (Å²) in [5.74, 6) is 0.407. The fourth-order valence-corrected chi connectivity index (χ4v) is 2.60. The Morgan fingerprint density at radius 2 is 1.78 bits per heavy atom. The number of halogens is 1. The number of aryl methyl sites for hydroxylation is 1. The van der Waals surface area contributed by atoms with E-state index in [0.29, 0.717) is 17.2 Å². The fourth-order valence-electron chi connectivity index (χ4n) is 2.43. The van der Waals surface area contributed by atoms with Crippen LogP contribution in [0, 0.1) is 17.0 Å². The van der Waals surface area contributed by atoms with Gasteiger partial charge in [-0.3, -0.25) is 14.9 Å². The number of ether oxygens (including phenoxy) is 1. The minimum atomic E-state index is -0.643. The van der Waals surface area contributed by atoms with Gasteiger partial charge < -0.3 is 10.1 Å². The highest BCUT2D eigenvalue weighted by molar-refractivity contribution is 6.31. The molecule has 0 aliphatic carbocycles. The maximum absolute atomic E-state index is 12.6. The van der Waals surface area contributed by atoms with E-state index < -0.39 is 10.8 Å². The van der Waals surface area contributed by atoms with Crippen LogP contribution in [0.1, 0.15) is 15.9 Å². The third kappa shape index (κ3) is 4.43. The Labute approximate surface area is 160 Å². The molecule has 136 valence electrons. The molecule has 6 nitrogen and oxygen atoms in total. The molecule has 1 amide bonds. The van der Waals surface area contributed by atoms with E-state index in [1.807, 2.05) is 31.2 Å². The van der Waals surface area contributed by atoms with Gasteiger partial charge in [0.25, 0.3) is 11.6 Å². The first-order valence-electron chi connectivity index (χ1n) is 8.03. The summed E-state index contributed by atoms with van der Waals surface area (Å²) in [6.45, 7) is 1.97. The second-order valence-electron chi connectivity index (χ2n) is 5.78. The summed E-state index contributed by atoms with van der Waals surface area (Å²) in [5.41, 5.74) is 1.04. The van der Waals surface area contributed by atoms with E-state index in [0.717, 1.165) is 11.6 Å². The lowest BCUT2D eigenvalue weighted by atomic mass is 10.1. The first-order valence-corrected chi connectivity index (χ1v) is 8.40. The SMILES string of the molecule is Cc1ccc(Oc2ccccc2NC(=O)c2ccc(Cl)cc2[N+](=O)[O-])cc1. The van der Waals surface area contributed by atoms with Crippen LogP contribution in [-0.2, 0) is 0 Å². The summed E-state index contributed by atoms with van der Waals surface area (Å²) in [7, 11) is 0. The van der Waals surface area contributed by atoms with Gasteiger partial charge in [-0.05, 0) is 43.3 Å². The van der Waals surface area contributed by atoms with Crippen molar-refractivity contribution in [3.63, 3.8) is 0 Å². The molecule has 3 aromatic carbocycles. The average molecular weight is 383 g/mol. The summed E-state index contributed by atoms with van der Waals surface area (Å²) in [4.78, 5) is 23.2. The van der Waals surface area contributed by atoms with Crippen molar-refractivity contribution in [2.45, 2.75) is 6.92 Å². The van der Waals surface area contributed by atoms with Crippen molar-refractivity contribution in [2.24, 2.45) is 0 Å². The summed E-state index contributed by atoms with van der Waals surface area (Å²) in [6.07, 6.45) is 0. The maximum Gasteiger partial charge on any atom is 0.283 e. The molecule has 0 saturated heterocycles. The first-order chi connectivity index (χ1) is 12.9. The number of hydrogen-bond acceptors (Lipinski definition) is 4. The van der Waals surface area contributed by atoms with Gasteiger partial charge in [-0.2, -0.15) is 0 Å². The zero-order valence-corrected chi connectivity index (χ0v) is 15.1. The van der Waals surface area contributed by atoms with Gasteiger partial charge in [0.15, 0.2) is 5.75 Å². The van der Waals surface area contributed by atoms with Gasteiger partial charge in [0, 0.05) is 11.1 Å². The second-order valence-corrected chi connectivity index (χ2v) is 6.22. The number of nitro groups is 1. The topological polar surface area (TPSA) is 81.5 Å². The molecule has 0 aliphatic heterocycles. The summed E-state index contributed by atoms with van der Waals surface area (Å²) >= 11 is 5.80. The van der Waals surface area contributed by atoms with E-state index in [9.17, 15) is 14.9 Å². The van der Waals surface area contributed by atoms with E-state index in [4.69, 9.17) is 16.3 Å². The average Bonchev–Trinajstić information content (AvgIpc) is 2.65. The van der Waals surface area contributed by atoms with Crippen LogP contribution in [0.3, 0.4) is 0 Å². The van der Waals surface area contributed by atoms with Gasteiger partial charge >= 0.3 is 0 Å². The van der Waals surface area contributed by atoms with E-state index in [1.165, 1.54) is 12.1 Å². The van der Waals surface area contributed by atoms with Gasteiger partial charge in [-0.25, -0.2) is 0 Å². The van der Waals surface area contributed by atoms with Crippen molar-refractivity contribution >= 4 is 28.9 Å². The highest BCUT2D eigenvalue weighted by atomic mass is 35.5. The monoisotopic (exact) mass is 382 g/mol. The smallest absolute Gasteiger partial charge is 0.283 e. The number of nitro benzene ring substituents is 1. The molecule has 0 bridgehead atoms. The molecule has 1 N–H and O–H groups in total. The number of carbonyl (C=O) groups excluding carboxylic acids is 1. The Balaban J connectivity index is 1.87. The largest absolute Gasteiger partial charge is 0.455 e. The van der Waals surface area contributed by atoms with E-state index in [1.54, 1.807) is 24.3 Å². The molecule has 0 atom stereocenters. The lowest BCUT2D eigenvalue weighted by Gasteiger charge is -2.12. The van der Waals surface area contributed by atoms with Crippen molar-refractivity contribution in [1.29, 1.82) is 0 Å². The molecular formula is C20H15ClN2O4. The quantitative estimate of drug-likeness (QED) is 0.460. The predicted molar refractivity (Wildman–Crippen MR) is 104 cm³/mol. The third-order valence-electron chi connectivity index (χ3n) is 3.79. The molecule has 0 radical (unpaired) electrons. The van der Waals surface area contributed by atoms with Crippen molar-refractivity contribution < 1.29 is 14.5 Å². The van der Waals surface area contributed by atoms with E-state index in [-0.39, 0.29) is 16.3 Å². The maximum atomic E-state index is 12.6. The highest BCUT2D eigenvalue weighted by Gasteiger charge is 2.21. The first kappa shape index (κ1) is 18.4. The van der Waals surface area contributed by atoms with Crippen LogP contribution < -0.4 is 10.1 Å². The molecule has 27 heavy (non-hydrogen) atoms. The molecule has 0 saturated carbocycles. The zero-order chi connectivity index (χ0) is 19.4. The third-order valence-corrected chi connectivity index (χ3v) is 4.02. The lowest BCUT2D eigenvalue weighted by molar-refractivity contribution is -0.385. The number of amides is 1. The van der Waals surface area contributed by atoms with Crippen molar-refractivity contribution in [2.75, 3.05) is 5.32 Å². The highest BCUT2D eigenvalue weighted by Crippen LogP contribution is 2.31. The van der Waals surface area contributed by atoms with E-state index >= 15 is 0 Å². The molecule has 0 aromatic heterocycles. The Hall–Kier alpha value is -3.38. The lowest BCUT2D eigenvalue weighted by Crippen LogP contribution is -2.14. The molecule has 0 aliphatic rings. The van der Waals surface area contributed by atoms with Crippen LogP contribution in [0.2, 0.25) is 5.02 Å². The van der Waals surface area contributed by atoms with Crippen molar-refractivity contribution in [3.8, 4) is 11.5 Å². The molecule has 3 rings (SSSR count). The Morgan fingerprint density at radius 1 is 1.07 bits per heavy atom. The normalized spacial score (nSPS) is 10.3. The van der Waals surface area contributed by atoms with Gasteiger partial charge in [0.2, 0.25) is 0 Å². The zero-order valence-electron chi connectivity index (χ0n) is 14.3. The fraction of sp³-hybridized carbons (Fsp3) is 0.0500. The van der Waals surface area contributed by atoms with Crippen molar-refractivity contribution in [3.05, 3.63) is 93.0 Å². The molecule has 3 aromatic rings. The van der Waals surface area contributed by atoms with Gasteiger partial charge in [-0.1, -0.05) is 41.4 Å². The van der Waals surface area contributed by atoms with Crippen LogP contribution in [0.5, 0.6) is 11.5 Å². The summed E-state index contributed by atoms with van der Waals surface area (Å²) < 4.78 is 5.83. The van der Waals surface area contributed by atoms with Crippen LogP contribution in [0.15, 0.2) is 66.7 Å². The number of anilines is 1. The number of benzene rings is 3. The number of para-hydroxylation sites is 2. The van der Waals surface area contributed by atoms with Crippen LogP contribution in [0.25, 0.3) is 0 Å². The minimum absolute atomic E-state index is 0.0884. The van der Waals surface area contributed by atoms with Gasteiger partial charge in [0.1, 0.15) is 11.3 Å². The van der Waals surface area contributed by atoms with Gasteiger partial charge in [0.05, 0.1) is 10.6 Å². The molecule has 7 heteroatoms. The van der Waals surface area contributed by atoms with Crippen LogP contribution in [0.4, 0.5) is 11.4 Å². The van der Waals surface area contributed by atoms with Gasteiger partial charge in [-0.15, -0.1) is 0 Å². The molecule has 0 heterocycles.